The third-order valence-electron chi connectivity index (χ3n) is 4.51. The minimum atomic E-state index is -0.311. The van der Waals surface area contributed by atoms with Gasteiger partial charge in [-0.3, -0.25) is 5.48 Å². The highest BCUT2D eigenvalue weighted by atomic mass is 16.8. The molecule has 0 spiro atoms. The topological polar surface area (TPSA) is 43.0 Å². The summed E-state index contributed by atoms with van der Waals surface area (Å²) in [5.41, 5.74) is 4.26. The van der Waals surface area contributed by atoms with Crippen molar-refractivity contribution >= 4 is 12.6 Å². The summed E-state index contributed by atoms with van der Waals surface area (Å²) >= 11 is 0. The lowest BCUT2D eigenvalue weighted by Crippen LogP contribution is -2.41. The fourth-order valence-electron chi connectivity index (χ4n) is 2.28. The Morgan fingerprint density at radius 1 is 1.17 bits per heavy atom. The van der Waals surface area contributed by atoms with Crippen LogP contribution in [0.1, 0.15) is 33.3 Å². The van der Waals surface area contributed by atoms with Crippen molar-refractivity contribution in [2.75, 3.05) is 13.6 Å². The van der Waals surface area contributed by atoms with Crippen molar-refractivity contribution in [3.8, 4) is 0 Å². The van der Waals surface area contributed by atoms with Gasteiger partial charge in [0.2, 0.25) is 0 Å². The smallest absolute Gasteiger partial charge is 0.399 e. The maximum Gasteiger partial charge on any atom is 0.494 e. The summed E-state index contributed by atoms with van der Waals surface area (Å²) in [7, 11) is 1.56. The van der Waals surface area contributed by atoms with Gasteiger partial charge in [0.05, 0.1) is 11.2 Å². The molecule has 1 aliphatic rings. The molecule has 2 rings (SSSR count). The van der Waals surface area contributed by atoms with Gasteiger partial charge in [-0.1, -0.05) is 30.8 Å². The van der Waals surface area contributed by atoms with Crippen molar-refractivity contribution in [1.29, 1.82) is 0 Å². The fraction of sp³-hybridized carbons (Fsp3) is 0.529. The van der Waals surface area contributed by atoms with E-state index in [1.54, 1.807) is 5.06 Å². The zero-order chi connectivity index (χ0) is 17.1. The normalized spacial score (nSPS) is 19.1. The molecule has 1 N–H and O–H groups in total. The standard InChI is InChI=1S/C17H27BN2O3/c1-7-19-23-20(6)13-12-14-8-10-15(11-9-14)18-21-16(2,3)17(4,5)22-18/h7-11,19H,1,12-13H2,2-6H3. The van der Waals surface area contributed by atoms with E-state index in [-0.39, 0.29) is 18.3 Å². The van der Waals surface area contributed by atoms with Gasteiger partial charge < -0.3 is 9.31 Å². The van der Waals surface area contributed by atoms with Crippen LogP contribution in [-0.2, 0) is 20.7 Å². The molecular formula is C17H27BN2O3. The van der Waals surface area contributed by atoms with E-state index < -0.39 is 0 Å². The van der Waals surface area contributed by atoms with Crippen LogP contribution in [0.25, 0.3) is 0 Å². The molecule has 0 aromatic heterocycles. The average Bonchev–Trinajstić information content (AvgIpc) is 2.72. The van der Waals surface area contributed by atoms with Crippen LogP contribution in [-0.4, -0.2) is 37.0 Å². The lowest BCUT2D eigenvalue weighted by atomic mass is 9.79. The monoisotopic (exact) mass is 318 g/mol. The molecule has 0 bridgehead atoms. The Labute approximate surface area is 139 Å². The summed E-state index contributed by atoms with van der Waals surface area (Å²) in [6.07, 6.45) is 2.38. The quantitative estimate of drug-likeness (QED) is 0.616. The largest absolute Gasteiger partial charge is 0.494 e. The molecule has 1 saturated heterocycles. The number of nitrogens with one attached hydrogen (secondary N) is 1. The molecule has 0 aliphatic carbocycles. The SMILES string of the molecule is C=CNON(C)CCc1ccc(B2OC(C)(C)C(C)(C)O2)cc1. The van der Waals surface area contributed by atoms with Crippen molar-refractivity contribution in [2.45, 2.75) is 45.3 Å². The first kappa shape index (κ1) is 18.0. The molecule has 1 aliphatic heterocycles. The van der Waals surface area contributed by atoms with E-state index in [1.165, 1.54) is 11.8 Å². The minimum Gasteiger partial charge on any atom is -0.399 e. The Kier molecular flexibility index (Phi) is 5.52. The number of hydroxylamine groups is 3. The van der Waals surface area contributed by atoms with E-state index in [0.29, 0.717) is 0 Å². The number of hydrogen-bond acceptors (Lipinski definition) is 5. The Morgan fingerprint density at radius 3 is 2.26 bits per heavy atom. The number of rotatable bonds is 7. The maximum absolute atomic E-state index is 6.06. The van der Waals surface area contributed by atoms with Crippen LogP contribution in [0, 0.1) is 0 Å². The minimum absolute atomic E-state index is 0.308. The highest BCUT2D eigenvalue weighted by Crippen LogP contribution is 2.36. The maximum atomic E-state index is 6.06. The lowest BCUT2D eigenvalue weighted by molar-refractivity contribution is -0.179. The van der Waals surface area contributed by atoms with Crippen LogP contribution in [0.15, 0.2) is 37.0 Å². The second kappa shape index (κ2) is 7.05. The summed E-state index contributed by atoms with van der Waals surface area (Å²) in [5, 5.41) is 1.73. The average molecular weight is 318 g/mol. The van der Waals surface area contributed by atoms with Crippen LogP contribution in [0.5, 0.6) is 0 Å². The van der Waals surface area contributed by atoms with E-state index in [2.05, 4.69) is 64.0 Å². The molecule has 0 amide bonds. The van der Waals surface area contributed by atoms with Crippen molar-refractivity contribution in [3.05, 3.63) is 42.6 Å². The molecule has 0 unspecified atom stereocenters. The van der Waals surface area contributed by atoms with Crippen LogP contribution in [0.3, 0.4) is 0 Å². The van der Waals surface area contributed by atoms with Gasteiger partial charge in [-0.2, -0.15) is 10.0 Å². The van der Waals surface area contributed by atoms with Gasteiger partial charge in [0.15, 0.2) is 0 Å². The molecule has 1 heterocycles. The van der Waals surface area contributed by atoms with Crippen LogP contribution in [0.4, 0.5) is 0 Å². The molecule has 1 fully saturated rings. The van der Waals surface area contributed by atoms with Crippen LogP contribution >= 0.6 is 0 Å². The van der Waals surface area contributed by atoms with Crippen LogP contribution < -0.4 is 10.9 Å². The molecule has 23 heavy (non-hydrogen) atoms. The van der Waals surface area contributed by atoms with Crippen molar-refractivity contribution in [1.82, 2.24) is 10.5 Å². The van der Waals surface area contributed by atoms with E-state index in [9.17, 15) is 0 Å². The van der Waals surface area contributed by atoms with Crippen molar-refractivity contribution in [2.24, 2.45) is 0 Å². The third-order valence-corrected chi connectivity index (χ3v) is 4.51. The number of likely N-dealkylation sites (N-methyl/N-ethyl adjacent to an activating group) is 1. The summed E-state index contributed by atoms with van der Waals surface area (Å²) < 4.78 is 12.1. The molecule has 1 aromatic carbocycles. The third kappa shape index (κ3) is 4.35. The Morgan fingerprint density at radius 2 is 1.74 bits per heavy atom. The Balaban J connectivity index is 1.92. The first-order valence-electron chi connectivity index (χ1n) is 7.94. The molecular weight excluding hydrogens is 291 g/mol. The van der Waals surface area contributed by atoms with Gasteiger partial charge >= 0.3 is 7.12 Å². The number of benzene rings is 1. The number of nitrogens with zero attached hydrogens (tertiary/aromatic N) is 1. The number of hydrogen-bond donors (Lipinski definition) is 1. The van der Waals surface area contributed by atoms with Gasteiger partial charge in [-0.05, 0) is 45.1 Å². The molecule has 1 aromatic rings. The summed E-state index contributed by atoms with van der Waals surface area (Å²) in [4.78, 5) is 5.19. The van der Waals surface area contributed by atoms with Crippen LogP contribution in [0.2, 0.25) is 0 Å². The molecule has 0 atom stereocenters. The summed E-state index contributed by atoms with van der Waals surface area (Å²) in [5.74, 6) is 0. The van der Waals surface area contributed by atoms with E-state index >= 15 is 0 Å². The van der Waals surface area contributed by atoms with E-state index in [1.807, 2.05) is 7.05 Å². The second-order valence-corrected chi connectivity index (χ2v) is 6.84. The Hall–Kier alpha value is -1.34. The zero-order valence-corrected chi connectivity index (χ0v) is 14.8. The molecule has 0 saturated carbocycles. The summed E-state index contributed by atoms with van der Waals surface area (Å²) in [6.45, 7) is 12.6. The van der Waals surface area contributed by atoms with Crippen molar-refractivity contribution < 1.29 is 14.2 Å². The van der Waals surface area contributed by atoms with Gasteiger partial charge in [0.25, 0.3) is 0 Å². The second-order valence-electron chi connectivity index (χ2n) is 6.84. The van der Waals surface area contributed by atoms with Gasteiger partial charge in [0, 0.05) is 19.8 Å². The zero-order valence-electron chi connectivity index (χ0n) is 14.8. The van der Waals surface area contributed by atoms with Gasteiger partial charge in [0.1, 0.15) is 0 Å². The van der Waals surface area contributed by atoms with E-state index in [0.717, 1.165) is 18.4 Å². The molecule has 6 heteroatoms. The highest BCUT2D eigenvalue weighted by Gasteiger charge is 2.51. The first-order valence-corrected chi connectivity index (χ1v) is 7.94. The van der Waals surface area contributed by atoms with Gasteiger partial charge in [-0.15, -0.1) is 0 Å². The molecule has 0 radical (unpaired) electrons. The lowest BCUT2D eigenvalue weighted by Gasteiger charge is -2.32. The first-order chi connectivity index (χ1) is 10.7. The van der Waals surface area contributed by atoms with Crippen molar-refractivity contribution in [3.63, 3.8) is 0 Å². The molecule has 5 nitrogen and oxygen atoms in total. The Bertz CT molecular complexity index is 515. The summed E-state index contributed by atoms with van der Waals surface area (Å²) in [6, 6.07) is 8.35. The van der Waals surface area contributed by atoms with E-state index in [4.69, 9.17) is 14.2 Å². The predicted octanol–water partition coefficient (Wildman–Crippen LogP) is 2.04. The van der Waals surface area contributed by atoms with Gasteiger partial charge in [-0.25, -0.2) is 0 Å². The fourth-order valence-corrected chi connectivity index (χ4v) is 2.28. The molecule has 126 valence electrons. The highest BCUT2D eigenvalue weighted by molar-refractivity contribution is 6.62. The predicted molar refractivity (Wildman–Crippen MR) is 92.9 cm³/mol.